The Labute approximate surface area is 255 Å². The fourth-order valence-corrected chi connectivity index (χ4v) is 4.47. The van der Waals surface area contributed by atoms with Crippen LogP contribution in [-0.2, 0) is 35.2 Å². The molecule has 1 aromatic rings. The fraction of sp³-hybridized carbons (Fsp3) is 0.536. The molecule has 1 heterocycles. The summed E-state index contributed by atoms with van der Waals surface area (Å²) in [6, 6.07) is 2.49. The predicted molar refractivity (Wildman–Crippen MR) is 161 cm³/mol. The molecule has 2 rings (SSSR count). The van der Waals surface area contributed by atoms with Crippen molar-refractivity contribution in [1.82, 2.24) is 26.6 Å². The van der Waals surface area contributed by atoms with Crippen LogP contribution in [0, 0.1) is 0 Å². The van der Waals surface area contributed by atoms with Gasteiger partial charge in [0, 0.05) is 13.0 Å². The van der Waals surface area contributed by atoms with Crippen LogP contribution in [0.3, 0.4) is 0 Å². The normalized spacial score (nSPS) is 23.5. The van der Waals surface area contributed by atoms with Gasteiger partial charge in [-0.2, -0.15) is 0 Å². The molecule has 0 bridgehead atoms. The maximum absolute atomic E-state index is 13.6. The Kier molecular flexibility index (Phi) is 14.5. The average Bonchev–Trinajstić information content (AvgIpc) is 2.96. The minimum Gasteiger partial charge on any atom is -0.481 e. The van der Waals surface area contributed by atoms with Gasteiger partial charge in [0.05, 0.1) is 6.42 Å². The Bertz CT molecular complexity index is 1190. The molecule has 242 valence electrons. The lowest BCUT2D eigenvalue weighted by molar-refractivity contribution is -0.141. The van der Waals surface area contributed by atoms with Crippen molar-refractivity contribution in [1.29, 1.82) is 0 Å². The molecule has 0 unspecified atom stereocenters. The van der Waals surface area contributed by atoms with E-state index in [1.54, 1.807) is 30.3 Å². The van der Waals surface area contributed by atoms with Gasteiger partial charge in [-0.05, 0) is 51.1 Å². The molecule has 1 aliphatic heterocycles. The molecule has 0 saturated carbocycles. The minimum absolute atomic E-state index is 0.00709. The van der Waals surface area contributed by atoms with Crippen LogP contribution in [0.25, 0.3) is 0 Å². The number of carboxylic acid groups (broad SMARTS) is 1. The van der Waals surface area contributed by atoms with Crippen LogP contribution in [0.5, 0.6) is 0 Å². The average molecular weight is 618 g/mol. The molecule has 1 saturated heterocycles. The Hall–Kier alpha value is -4.73. The summed E-state index contributed by atoms with van der Waals surface area (Å²) in [5.41, 5.74) is 17.0. The highest BCUT2D eigenvalue weighted by atomic mass is 16.4. The van der Waals surface area contributed by atoms with Crippen molar-refractivity contribution in [3.05, 3.63) is 35.9 Å². The lowest BCUT2D eigenvalue weighted by atomic mass is 10.0. The van der Waals surface area contributed by atoms with Crippen molar-refractivity contribution in [3.8, 4) is 0 Å². The number of carboxylic acids is 1. The Balaban J connectivity index is 2.49. The van der Waals surface area contributed by atoms with E-state index in [0.29, 0.717) is 31.4 Å². The number of carbonyl (C=O) groups is 6. The second kappa shape index (κ2) is 18.0. The largest absolute Gasteiger partial charge is 0.481 e. The van der Waals surface area contributed by atoms with E-state index in [1.807, 2.05) is 0 Å². The quantitative estimate of drug-likeness (QED) is 0.0667. The third kappa shape index (κ3) is 12.2. The van der Waals surface area contributed by atoms with Crippen LogP contribution < -0.4 is 43.8 Å². The third-order valence-corrected chi connectivity index (χ3v) is 6.84. The van der Waals surface area contributed by atoms with Crippen molar-refractivity contribution in [2.45, 2.75) is 82.1 Å². The van der Waals surface area contributed by atoms with Gasteiger partial charge in [-0.1, -0.05) is 30.3 Å². The molecule has 0 aromatic heterocycles. The molecule has 0 radical (unpaired) electrons. The molecule has 0 aliphatic carbocycles. The molecule has 5 amide bonds. The van der Waals surface area contributed by atoms with E-state index >= 15 is 0 Å². The van der Waals surface area contributed by atoms with Crippen molar-refractivity contribution < 1.29 is 33.9 Å². The summed E-state index contributed by atoms with van der Waals surface area (Å²) in [4.78, 5) is 82.0. The molecule has 1 aromatic carbocycles. The zero-order chi connectivity index (χ0) is 32.6. The van der Waals surface area contributed by atoms with Gasteiger partial charge in [0.25, 0.3) is 0 Å². The predicted octanol–water partition coefficient (Wildman–Crippen LogP) is -2.66. The zero-order valence-corrected chi connectivity index (χ0v) is 24.7. The smallest absolute Gasteiger partial charge is 0.305 e. The molecule has 44 heavy (non-hydrogen) atoms. The number of guanidine groups is 1. The summed E-state index contributed by atoms with van der Waals surface area (Å²) in [5.74, 6) is -5.37. The molecular weight excluding hydrogens is 574 g/mol. The van der Waals surface area contributed by atoms with Crippen LogP contribution >= 0.6 is 0 Å². The maximum Gasteiger partial charge on any atom is 0.305 e. The number of nitrogens with one attached hydrogen (secondary N) is 5. The Morgan fingerprint density at radius 3 is 1.86 bits per heavy atom. The first kappa shape index (κ1) is 35.5. The van der Waals surface area contributed by atoms with Crippen LogP contribution in [0.2, 0.25) is 0 Å². The second-order valence-electron chi connectivity index (χ2n) is 10.5. The summed E-state index contributed by atoms with van der Waals surface area (Å²) in [6.45, 7) is 1.87. The second-order valence-corrected chi connectivity index (χ2v) is 10.5. The van der Waals surface area contributed by atoms with Crippen molar-refractivity contribution in [3.63, 3.8) is 0 Å². The third-order valence-electron chi connectivity index (χ3n) is 6.84. The highest BCUT2D eigenvalue weighted by Gasteiger charge is 2.34. The Morgan fingerprint density at radius 2 is 1.27 bits per heavy atom. The van der Waals surface area contributed by atoms with Gasteiger partial charge < -0.3 is 48.9 Å². The summed E-state index contributed by atoms with van der Waals surface area (Å²) in [5, 5.41) is 22.1. The van der Waals surface area contributed by atoms with Gasteiger partial charge in [-0.3, -0.25) is 33.8 Å². The lowest BCUT2D eigenvalue weighted by Crippen LogP contribution is -2.58. The topological polar surface area (TPSA) is 273 Å². The first-order valence-electron chi connectivity index (χ1n) is 14.4. The summed E-state index contributed by atoms with van der Waals surface area (Å²) < 4.78 is 0. The molecule has 1 fully saturated rings. The number of aliphatic carboxylic acids is 1. The summed E-state index contributed by atoms with van der Waals surface area (Å²) in [6.07, 6.45) is 0.821. The number of carbonyl (C=O) groups excluding carboxylic acids is 5. The van der Waals surface area contributed by atoms with Gasteiger partial charge >= 0.3 is 5.97 Å². The van der Waals surface area contributed by atoms with Crippen molar-refractivity contribution in [2.24, 2.45) is 22.2 Å². The van der Waals surface area contributed by atoms with Crippen LogP contribution in [-0.4, -0.2) is 89.9 Å². The van der Waals surface area contributed by atoms with Crippen LogP contribution in [0.15, 0.2) is 35.3 Å². The molecule has 16 heteroatoms. The van der Waals surface area contributed by atoms with Crippen molar-refractivity contribution >= 4 is 41.5 Å². The summed E-state index contributed by atoms with van der Waals surface area (Å²) in [7, 11) is 0. The SMILES string of the molecule is C[C@@H]1NC(=O)[C@H](CCCN=C(N)N)NC(=O)[C@H](CCCCN)NC(=O)[C@@H](Cc2ccccc2)NC(=O)[C@H](CC(=O)O)NC1=O. The monoisotopic (exact) mass is 617 g/mol. The first-order chi connectivity index (χ1) is 20.9. The number of amides is 5. The molecule has 16 nitrogen and oxygen atoms in total. The highest BCUT2D eigenvalue weighted by Crippen LogP contribution is 2.09. The number of benzene rings is 1. The Morgan fingerprint density at radius 1 is 0.750 bits per heavy atom. The number of hydrogen-bond donors (Lipinski definition) is 9. The number of nitrogens with two attached hydrogens (primary N) is 3. The van der Waals surface area contributed by atoms with E-state index < -0.39 is 72.1 Å². The molecule has 1 aliphatic rings. The molecule has 5 atom stereocenters. The van der Waals surface area contributed by atoms with Crippen molar-refractivity contribution in [2.75, 3.05) is 13.1 Å². The number of unbranched alkanes of at least 4 members (excludes halogenated alkanes) is 1. The van der Waals surface area contributed by atoms with Gasteiger partial charge in [0.1, 0.15) is 30.2 Å². The van der Waals surface area contributed by atoms with Crippen LogP contribution in [0.4, 0.5) is 0 Å². The number of aliphatic imine (C=N–C) groups is 1. The van der Waals surface area contributed by atoms with Crippen LogP contribution in [0.1, 0.15) is 51.0 Å². The fourth-order valence-electron chi connectivity index (χ4n) is 4.47. The minimum atomic E-state index is -1.56. The number of rotatable bonds is 12. The van der Waals surface area contributed by atoms with Gasteiger partial charge in [-0.25, -0.2) is 0 Å². The summed E-state index contributed by atoms with van der Waals surface area (Å²) >= 11 is 0. The van der Waals surface area contributed by atoms with E-state index in [1.165, 1.54) is 6.92 Å². The standard InChI is InChI=1S/C28H43N9O7/c1-16-23(40)36-21(15-22(38)39)27(44)37-20(14-17-8-3-2-4-9-17)26(43)35-18(10-5-6-12-29)25(42)34-19(24(41)33-16)11-7-13-32-28(30)31/h2-4,8-9,16,18-21H,5-7,10-15,29H2,1H3,(H,33,41)(H,34,42)(H,35,43)(H,36,40)(H,37,44)(H,38,39)(H4,30,31,32)/t16-,18-,19-,20+,21-/m0/s1. The molecular formula is C28H43N9O7. The number of hydrogen-bond acceptors (Lipinski definition) is 8. The van der Waals surface area contributed by atoms with Gasteiger partial charge in [0.2, 0.25) is 29.5 Å². The lowest BCUT2D eigenvalue weighted by Gasteiger charge is -2.26. The maximum atomic E-state index is 13.6. The molecule has 0 spiro atoms. The van der Waals surface area contributed by atoms with Gasteiger partial charge in [0.15, 0.2) is 5.96 Å². The highest BCUT2D eigenvalue weighted by molar-refractivity contribution is 5.98. The molecule has 12 N–H and O–H groups in total. The zero-order valence-electron chi connectivity index (χ0n) is 24.7. The first-order valence-corrected chi connectivity index (χ1v) is 14.4. The van der Waals surface area contributed by atoms with E-state index in [4.69, 9.17) is 17.2 Å². The van der Waals surface area contributed by atoms with E-state index in [-0.39, 0.29) is 31.8 Å². The van der Waals surface area contributed by atoms with E-state index in [2.05, 4.69) is 31.6 Å². The van der Waals surface area contributed by atoms with E-state index in [0.717, 1.165) is 0 Å². The number of nitrogens with zero attached hydrogens (tertiary/aromatic N) is 1. The van der Waals surface area contributed by atoms with Gasteiger partial charge in [-0.15, -0.1) is 0 Å². The van der Waals surface area contributed by atoms with E-state index in [9.17, 15) is 33.9 Å².